The molecule has 1 fully saturated rings. The molecular formula is C15H22N2O3. The first kappa shape index (κ1) is 14.8. The maximum atomic E-state index is 11.0. The zero-order valence-corrected chi connectivity index (χ0v) is 12.0. The molecule has 1 atom stereocenters. The number of amides is 1. The van der Waals surface area contributed by atoms with Crippen LogP contribution >= 0.6 is 0 Å². The van der Waals surface area contributed by atoms with Crippen molar-refractivity contribution in [2.24, 2.45) is 0 Å². The number of carbonyl (C=O) groups excluding carboxylic acids is 1. The second-order valence-corrected chi connectivity index (χ2v) is 5.65. The van der Waals surface area contributed by atoms with Crippen LogP contribution in [0.4, 0.5) is 5.69 Å². The van der Waals surface area contributed by atoms with Crippen LogP contribution in [-0.2, 0) is 4.79 Å². The Morgan fingerprint density at radius 2 is 2.25 bits per heavy atom. The van der Waals surface area contributed by atoms with Crippen molar-refractivity contribution in [1.82, 2.24) is 5.32 Å². The lowest BCUT2D eigenvalue weighted by Gasteiger charge is -2.24. The van der Waals surface area contributed by atoms with Gasteiger partial charge >= 0.3 is 0 Å². The van der Waals surface area contributed by atoms with Gasteiger partial charge in [-0.1, -0.05) is 6.07 Å². The minimum atomic E-state index is -0.910. The SMILES string of the molecule is CC(=O)Nc1cccc(OCC(C)(O)CNC2CC2)c1. The number of benzene rings is 1. The van der Waals surface area contributed by atoms with Crippen LogP contribution in [0, 0.1) is 0 Å². The van der Waals surface area contributed by atoms with Gasteiger partial charge in [0, 0.05) is 31.3 Å². The maximum Gasteiger partial charge on any atom is 0.221 e. The van der Waals surface area contributed by atoms with Crippen molar-refractivity contribution in [2.75, 3.05) is 18.5 Å². The van der Waals surface area contributed by atoms with E-state index in [2.05, 4.69) is 10.6 Å². The molecule has 110 valence electrons. The topological polar surface area (TPSA) is 70.6 Å². The molecule has 0 saturated heterocycles. The van der Waals surface area contributed by atoms with E-state index in [-0.39, 0.29) is 12.5 Å². The summed E-state index contributed by atoms with van der Waals surface area (Å²) in [6, 6.07) is 7.70. The Kier molecular flexibility index (Phi) is 4.62. The van der Waals surface area contributed by atoms with Gasteiger partial charge in [-0.25, -0.2) is 0 Å². The summed E-state index contributed by atoms with van der Waals surface area (Å²) >= 11 is 0. The number of anilines is 1. The number of rotatable bonds is 7. The summed E-state index contributed by atoms with van der Waals surface area (Å²) in [5.41, 5.74) is -0.224. The minimum absolute atomic E-state index is 0.122. The molecular weight excluding hydrogens is 256 g/mol. The van der Waals surface area contributed by atoms with Gasteiger partial charge in [0.1, 0.15) is 18.0 Å². The quantitative estimate of drug-likeness (QED) is 0.707. The lowest BCUT2D eigenvalue weighted by molar-refractivity contribution is -0.114. The van der Waals surface area contributed by atoms with Gasteiger partial charge in [0.25, 0.3) is 0 Å². The lowest BCUT2D eigenvalue weighted by atomic mass is 10.1. The van der Waals surface area contributed by atoms with E-state index in [1.165, 1.54) is 19.8 Å². The highest BCUT2D eigenvalue weighted by atomic mass is 16.5. The molecule has 0 spiro atoms. The third-order valence-electron chi connectivity index (χ3n) is 3.05. The first-order valence-electron chi connectivity index (χ1n) is 6.91. The van der Waals surface area contributed by atoms with Gasteiger partial charge in [0.2, 0.25) is 5.91 Å². The summed E-state index contributed by atoms with van der Waals surface area (Å²) in [6.45, 7) is 3.93. The fourth-order valence-corrected chi connectivity index (χ4v) is 1.81. The molecule has 1 aromatic rings. The van der Waals surface area contributed by atoms with E-state index in [1.54, 1.807) is 31.2 Å². The van der Waals surface area contributed by atoms with Crippen LogP contribution in [0.15, 0.2) is 24.3 Å². The zero-order chi connectivity index (χ0) is 14.6. The molecule has 0 heterocycles. The number of carbonyl (C=O) groups is 1. The monoisotopic (exact) mass is 278 g/mol. The molecule has 1 aliphatic rings. The molecule has 0 aliphatic heterocycles. The van der Waals surface area contributed by atoms with E-state index in [9.17, 15) is 9.90 Å². The van der Waals surface area contributed by atoms with Crippen LogP contribution in [0.2, 0.25) is 0 Å². The van der Waals surface area contributed by atoms with Crippen LogP contribution in [-0.4, -0.2) is 35.8 Å². The third kappa shape index (κ3) is 5.19. The summed E-state index contributed by atoms with van der Waals surface area (Å²) in [7, 11) is 0. The van der Waals surface area contributed by atoms with E-state index < -0.39 is 5.60 Å². The molecule has 1 amide bonds. The van der Waals surface area contributed by atoms with Crippen molar-refractivity contribution in [3.05, 3.63) is 24.3 Å². The molecule has 20 heavy (non-hydrogen) atoms. The van der Waals surface area contributed by atoms with E-state index in [1.807, 2.05) is 0 Å². The molecule has 1 aliphatic carbocycles. The zero-order valence-electron chi connectivity index (χ0n) is 12.0. The predicted octanol–water partition coefficient (Wildman–Crippen LogP) is 1.53. The summed E-state index contributed by atoms with van der Waals surface area (Å²) < 4.78 is 5.60. The minimum Gasteiger partial charge on any atom is -0.490 e. The number of ether oxygens (including phenoxy) is 1. The molecule has 1 saturated carbocycles. The third-order valence-corrected chi connectivity index (χ3v) is 3.05. The normalized spacial score (nSPS) is 17.4. The Bertz CT molecular complexity index is 470. The largest absolute Gasteiger partial charge is 0.490 e. The van der Waals surface area contributed by atoms with Crippen molar-refractivity contribution >= 4 is 11.6 Å². The predicted molar refractivity (Wildman–Crippen MR) is 77.9 cm³/mol. The van der Waals surface area contributed by atoms with Crippen molar-refractivity contribution < 1.29 is 14.6 Å². The Morgan fingerprint density at radius 1 is 1.50 bits per heavy atom. The maximum absolute atomic E-state index is 11.0. The Balaban J connectivity index is 1.83. The van der Waals surface area contributed by atoms with Crippen LogP contribution in [0.25, 0.3) is 0 Å². The molecule has 0 aromatic heterocycles. The van der Waals surface area contributed by atoms with Gasteiger partial charge < -0.3 is 20.5 Å². The average molecular weight is 278 g/mol. The summed E-state index contributed by atoms with van der Waals surface area (Å²) in [4.78, 5) is 11.0. The van der Waals surface area contributed by atoms with Crippen molar-refractivity contribution in [1.29, 1.82) is 0 Å². The van der Waals surface area contributed by atoms with Gasteiger partial charge in [-0.05, 0) is 31.9 Å². The van der Waals surface area contributed by atoms with Crippen molar-refractivity contribution in [3.63, 3.8) is 0 Å². The van der Waals surface area contributed by atoms with Crippen LogP contribution in [0.1, 0.15) is 26.7 Å². The second kappa shape index (κ2) is 6.24. The van der Waals surface area contributed by atoms with Gasteiger partial charge in [-0.3, -0.25) is 4.79 Å². The summed E-state index contributed by atoms with van der Waals surface area (Å²) in [6.07, 6.45) is 2.38. The molecule has 1 aromatic carbocycles. The van der Waals surface area contributed by atoms with Crippen LogP contribution in [0.3, 0.4) is 0 Å². The van der Waals surface area contributed by atoms with Crippen molar-refractivity contribution in [3.8, 4) is 5.75 Å². The molecule has 1 unspecified atom stereocenters. The summed E-state index contributed by atoms with van der Waals surface area (Å²) in [5.74, 6) is 0.505. The van der Waals surface area contributed by atoms with Gasteiger partial charge in [-0.2, -0.15) is 0 Å². The Morgan fingerprint density at radius 3 is 2.90 bits per heavy atom. The molecule has 0 radical (unpaired) electrons. The molecule has 2 rings (SSSR count). The molecule has 5 heteroatoms. The average Bonchev–Trinajstić information content (AvgIpc) is 3.18. The van der Waals surface area contributed by atoms with E-state index >= 15 is 0 Å². The molecule has 0 bridgehead atoms. The van der Waals surface area contributed by atoms with E-state index in [4.69, 9.17) is 4.74 Å². The highest BCUT2D eigenvalue weighted by Gasteiger charge is 2.27. The highest BCUT2D eigenvalue weighted by Crippen LogP contribution is 2.21. The first-order valence-corrected chi connectivity index (χ1v) is 6.91. The van der Waals surface area contributed by atoms with Crippen molar-refractivity contribution in [2.45, 2.75) is 38.3 Å². The fourth-order valence-electron chi connectivity index (χ4n) is 1.81. The number of nitrogens with one attached hydrogen (secondary N) is 2. The lowest BCUT2D eigenvalue weighted by Crippen LogP contribution is -2.43. The molecule has 5 nitrogen and oxygen atoms in total. The first-order chi connectivity index (χ1) is 9.44. The Labute approximate surface area is 119 Å². The van der Waals surface area contributed by atoms with Crippen LogP contribution in [0.5, 0.6) is 5.75 Å². The Hall–Kier alpha value is -1.59. The van der Waals surface area contributed by atoms with Gasteiger partial charge in [-0.15, -0.1) is 0 Å². The van der Waals surface area contributed by atoms with Gasteiger partial charge in [0.05, 0.1) is 0 Å². The smallest absolute Gasteiger partial charge is 0.221 e. The number of hydrogen-bond donors (Lipinski definition) is 3. The standard InChI is InChI=1S/C15H22N2O3/c1-11(18)17-13-4-3-5-14(8-13)20-10-15(2,19)9-16-12-6-7-12/h3-5,8,12,16,19H,6-7,9-10H2,1-2H3,(H,17,18). The van der Waals surface area contributed by atoms with Crippen LogP contribution < -0.4 is 15.4 Å². The number of hydrogen-bond acceptors (Lipinski definition) is 4. The number of aliphatic hydroxyl groups is 1. The highest BCUT2D eigenvalue weighted by molar-refractivity contribution is 5.88. The summed E-state index contributed by atoms with van der Waals surface area (Å²) in [5, 5.41) is 16.2. The fraction of sp³-hybridized carbons (Fsp3) is 0.533. The van der Waals surface area contributed by atoms with E-state index in [0.29, 0.717) is 24.0 Å². The van der Waals surface area contributed by atoms with Gasteiger partial charge in [0.15, 0.2) is 0 Å². The second-order valence-electron chi connectivity index (χ2n) is 5.65. The molecule has 3 N–H and O–H groups in total. The van der Waals surface area contributed by atoms with E-state index in [0.717, 1.165) is 0 Å².